The third kappa shape index (κ3) is 4.70. The number of phenols is 2. The van der Waals surface area contributed by atoms with E-state index in [1.807, 2.05) is 12.1 Å². The first-order chi connectivity index (χ1) is 13.0. The van der Waals surface area contributed by atoms with Crippen LogP contribution in [0.4, 0.5) is 10.5 Å². The van der Waals surface area contributed by atoms with Gasteiger partial charge >= 0.3 is 6.03 Å². The van der Waals surface area contributed by atoms with Gasteiger partial charge in [-0.1, -0.05) is 35.3 Å². The predicted octanol–water partition coefficient (Wildman–Crippen LogP) is 3.48. The molecule has 27 heavy (non-hydrogen) atoms. The van der Waals surface area contributed by atoms with Crippen LogP contribution in [0, 0.1) is 0 Å². The number of carbonyl (C=O) groups is 1. The summed E-state index contributed by atoms with van der Waals surface area (Å²) in [6.07, 6.45) is 0.567. The Balaban J connectivity index is 1.47. The molecular formula is C19H21Cl2N3O3. The van der Waals surface area contributed by atoms with Crippen molar-refractivity contribution in [3.8, 4) is 11.5 Å². The molecule has 1 aliphatic rings. The zero-order valence-electron chi connectivity index (χ0n) is 14.7. The number of piperazine rings is 1. The van der Waals surface area contributed by atoms with Crippen molar-refractivity contribution in [2.45, 2.75) is 6.42 Å². The SMILES string of the molecule is O=C(NCCc1ccc(O)c(O)c1)N1CCN(c2cccc(Cl)c2Cl)CC1. The Morgan fingerprint density at radius 1 is 1.04 bits per heavy atom. The summed E-state index contributed by atoms with van der Waals surface area (Å²) in [7, 11) is 0. The molecule has 1 aliphatic heterocycles. The molecule has 8 heteroatoms. The molecule has 0 spiro atoms. The maximum Gasteiger partial charge on any atom is 0.317 e. The van der Waals surface area contributed by atoms with Gasteiger partial charge in [0, 0.05) is 32.7 Å². The molecular weight excluding hydrogens is 389 g/mol. The van der Waals surface area contributed by atoms with Crippen LogP contribution in [0.2, 0.25) is 10.0 Å². The number of nitrogens with zero attached hydrogens (tertiary/aromatic N) is 2. The number of hydrogen-bond acceptors (Lipinski definition) is 4. The van der Waals surface area contributed by atoms with Crippen molar-refractivity contribution in [3.63, 3.8) is 0 Å². The average Bonchev–Trinajstić information content (AvgIpc) is 2.67. The number of aromatic hydroxyl groups is 2. The van der Waals surface area contributed by atoms with Crippen LogP contribution < -0.4 is 10.2 Å². The molecule has 2 amide bonds. The summed E-state index contributed by atoms with van der Waals surface area (Å²) in [4.78, 5) is 16.2. The average molecular weight is 410 g/mol. The Bertz CT molecular complexity index is 824. The summed E-state index contributed by atoms with van der Waals surface area (Å²) in [5.74, 6) is -0.310. The number of phenolic OH excluding ortho intramolecular Hbond substituents is 2. The molecule has 2 aromatic carbocycles. The molecule has 3 N–H and O–H groups in total. The van der Waals surface area contributed by atoms with Gasteiger partial charge in [0.1, 0.15) is 0 Å². The van der Waals surface area contributed by atoms with E-state index in [0.717, 1.165) is 11.3 Å². The molecule has 1 heterocycles. The zero-order chi connectivity index (χ0) is 19.4. The van der Waals surface area contributed by atoms with Gasteiger partial charge in [-0.05, 0) is 36.2 Å². The van der Waals surface area contributed by atoms with E-state index >= 15 is 0 Å². The van der Waals surface area contributed by atoms with Crippen LogP contribution in [0.25, 0.3) is 0 Å². The second-order valence-corrected chi connectivity index (χ2v) is 7.14. The number of halogens is 2. The molecule has 6 nitrogen and oxygen atoms in total. The fourth-order valence-corrected chi connectivity index (χ4v) is 3.45. The van der Waals surface area contributed by atoms with Crippen molar-refractivity contribution in [2.24, 2.45) is 0 Å². The summed E-state index contributed by atoms with van der Waals surface area (Å²) in [5, 5.41) is 22.8. The predicted molar refractivity (Wildman–Crippen MR) is 107 cm³/mol. The Morgan fingerprint density at radius 3 is 2.48 bits per heavy atom. The smallest absolute Gasteiger partial charge is 0.317 e. The highest BCUT2D eigenvalue weighted by molar-refractivity contribution is 6.43. The van der Waals surface area contributed by atoms with E-state index in [0.29, 0.717) is 49.2 Å². The Hall–Kier alpha value is -2.31. The highest BCUT2D eigenvalue weighted by atomic mass is 35.5. The van der Waals surface area contributed by atoms with Crippen LogP contribution in [-0.4, -0.2) is 53.9 Å². The number of hydrogen-bond donors (Lipinski definition) is 3. The molecule has 0 atom stereocenters. The van der Waals surface area contributed by atoms with E-state index in [1.165, 1.54) is 12.1 Å². The molecule has 0 radical (unpaired) electrons. The van der Waals surface area contributed by atoms with E-state index in [4.69, 9.17) is 23.2 Å². The Kier molecular flexibility index (Phi) is 6.19. The highest BCUT2D eigenvalue weighted by Crippen LogP contribution is 2.32. The maximum atomic E-state index is 12.3. The molecule has 2 aromatic rings. The first-order valence-corrected chi connectivity index (χ1v) is 9.44. The number of benzene rings is 2. The second kappa shape index (κ2) is 8.59. The minimum atomic E-state index is -0.158. The molecule has 0 saturated carbocycles. The second-order valence-electron chi connectivity index (χ2n) is 6.35. The van der Waals surface area contributed by atoms with Gasteiger partial charge in [-0.25, -0.2) is 4.79 Å². The summed E-state index contributed by atoms with van der Waals surface area (Å²) in [6, 6.07) is 10.1. The molecule has 1 saturated heterocycles. The molecule has 0 aliphatic carbocycles. The van der Waals surface area contributed by atoms with Gasteiger partial charge in [-0.2, -0.15) is 0 Å². The topological polar surface area (TPSA) is 76.0 Å². The van der Waals surface area contributed by atoms with Gasteiger partial charge in [0.25, 0.3) is 0 Å². The Labute approximate surface area is 167 Å². The fourth-order valence-electron chi connectivity index (χ4n) is 3.04. The first-order valence-electron chi connectivity index (χ1n) is 8.68. The van der Waals surface area contributed by atoms with Crippen LogP contribution in [-0.2, 0) is 6.42 Å². The van der Waals surface area contributed by atoms with Crippen LogP contribution >= 0.6 is 23.2 Å². The summed E-state index contributed by atoms with van der Waals surface area (Å²) < 4.78 is 0. The van der Waals surface area contributed by atoms with Crippen molar-refractivity contribution in [1.82, 2.24) is 10.2 Å². The molecule has 0 aromatic heterocycles. The van der Waals surface area contributed by atoms with Crippen LogP contribution in [0.5, 0.6) is 11.5 Å². The molecule has 144 valence electrons. The van der Waals surface area contributed by atoms with E-state index in [-0.39, 0.29) is 17.5 Å². The summed E-state index contributed by atoms with van der Waals surface area (Å²) >= 11 is 12.3. The third-order valence-corrected chi connectivity index (χ3v) is 5.38. The van der Waals surface area contributed by atoms with E-state index in [1.54, 1.807) is 17.0 Å². The number of anilines is 1. The number of carbonyl (C=O) groups excluding carboxylic acids is 1. The minimum Gasteiger partial charge on any atom is -0.504 e. The van der Waals surface area contributed by atoms with E-state index in [2.05, 4.69) is 10.2 Å². The molecule has 0 unspecified atom stereocenters. The molecule has 3 rings (SSSR count). The molecule has 1 fully saturated rings. The lowest BCUT2D eigenvalue weighted by Crippen LogP contribution is -2.52. The van der Waals surface area contributed by atoms with Crippen LogP contribution in [0.3, 0.4) is 0 Å². The lowest BCUT2D eigenvalue weighted by Gasteiger charge is -2.36. The minimum absolute atomic E-state index is 0.116. The quantitative estimate of drug-likeness (QED) is 0.675. The maximum absolute atomic E-state index is 12.3. The normalized spacial score (nSPS) is 14.3. The highest BCUT2D eigenvalue weighted by Gasteiger charge is 2.22. The lowest BCUT2D eigenvalue weighted by atomic mass is 10.1. The Morgan fingerprint density at radius 2 is 1.78 bits per heavy atom. The monoisotopic (exact) mass is 409 g/mol. The van der Waals surface area contributed by atoms with Crippen molar-refractivity contribution >= 4 is 34.9 Å². The van der Waals surface area contributed by atoms with E-state index in [9.17, 15) is 15.0 Å². The summed E-state index contributed by atoms with van der Waals surface area (Å²) in [5.41, 5.74) is 1.72. The van der Waals surface area contributed by atoms with Crippen LogP contribution in [0.15, 0.2) is 36.4 Å². The van der Waals surface area contributed by atoms with Gasteiger partial charge < -0.3 is 25.3 Å². The van der Waals surface area contributed by atoms with Crippen molar-refractivity contribution in [3.05, 3.63) is 52.0 Å². The van der Waals surface area contributed by atoms with Gasteiger partial charge in [0.05, 0.1) is 15.7 Å². The standard InChI is InChI=1S/C19H21Cl2N3O3/c20-14-2-1-3-15(18(14)21)23-8-10-24(11-9-23)19(27)22-7-6-13-4-5-16(25)17(26)12-13/h1-5,12,25-26H,6-11H2,(H,22,27). The van der Waals surface area contributed by atoms with Gasteiger partial charge in [0.15, 0.2) is 11.5 Å². The number of rotatable bonds is 4. The van der Waals surface area contributed by atoms with Crippen LogP contribution in [0.1, 0.15) is 5.56 Å². The van der Waals surface area contributed by atoms with Gasteiger partial charge in [-0.15, -0.1) is 0 Å². The summed E-state index contributed by atoms with van der Waals surface area (Å²) in [6.45, 7) is 2.99. The number of urea groups is 1. The van der Waals surface area contributed by atoms with Crippen molar-refractivity contribution in [1.29, 1.82) is 0 Å². The van der Waals surface area contributed by atoms with Crippen molar-refractivity contribution in [2.75, 3.05) is 37.6 Å². The molecule has 0 bridgehead atoms. The number of amides is 2. The largest absolute Gasteiger partial charge is 0.504 e. The zero-order valence-corrected chi connectivity index (χ0v) is 16.2. The lowest BCUT2D eigenvalue weighted by molar-refractivity contribution is 0.194. The van der Waals surface area contributed by atoms with Gasteiger partial charge in [0.2, 0.25) is 0 Å². The number of nitrogens with one attached hydrogen (secondary N) is 1. The van der Waals surface area contributed by atoms with E-state index < -0.39 is 0 Å². The fraction of sp³-hybridized carbons (Fsp3) is 0.316. The first kappa shape index (κ1) is 19.5. The van der Waals surface area contributed by atoms with Crippen molar-refractivity contribution < 1.29 is 15.0 Å². The third-order valence-electron chi connectivity index (χ3n) is 4.57. The van der Waals surface area contributed by atoms with Gasteiger partial charge in [-0.3, -0.25) is 0 Å².